The van der Waals surface area contributed by atoms with Gasteiger partial charge < -0.3 is 20.1 Å². The fourth-order valence-electron chi connectivity index (χ4n) is 2.23. The SMILES string of the molecule is C[C@@H](Nc1ccc2c(c1)OCCO2)C(=O)Nc1ccc(F)cc1. The van der Waals surface area contributed by atoms with Crippen LogP contribution in [0, 0.1) is 5.82 Å². The molecule has 1 amide bonds. The lowest BCUT2D eigenvalue weighted by Crippen LogP contribution is -2.31. The Morgan fingerprint density at radius 1 is 1.04 bits per heavy atom. The Hall–Kier alpha value is -2.76. The van der Waals surface area contributed by atoms with Crippen LogP contribution < -0.4 is 20.1 Å². The van der Waals surface area contributed by atoms with E-state index in [4.69, 9.17) is 9.47 Å². The molecule has 0 fully saturated rings. The minimum atomic E-state index is -0.470. The Morgan fingerprint density at radius 2 is 1.70 bits per heavy atom. The molecule has 0 spiro atoms. The summed E-state index contributed by atoms with van der Waals surface area (Å²) in [5.74, 6) is 0.801. The lowest BCUT2D eigenvalue weighted by atomic mass is 10.2. The van der Waals surface area contributed by atoms with Crippen molar-refractivity contribution < 1.29 is 18.7 Å². The predicted molar refractivity (Wildman–Crippen MR) is 85.5 cm³/mol. The number of nitrogens with one attached hydrogen (secondary N) is 2. The molecule has 0 radical (unpaired) electrons. The fourth-order valence-corrected chi connectivity index (χ4v) is 2.23. The van der Waals surface area contributed by atoms with Crippen molar-refractivity contribution in [1.82, 2.24) is 0 Å². The minimum Gasteiger partial charge on any atom is -0.486 e. The second kappa shape index (κ2) is 6.56. The summed E-state index contributed by atoms with van der Waals surface area (Å²) in [6.07, 6.45) is 0. The first-order chi connectivity index (χ1) is 11.1. The van der Waals surface area contributed by atoms with Gasteiger partial charge in [0.15, 0.2) is 11.5 Å². The molecule has 2 N–H and O–H groups in total. The van der Waals surface area contributed by atoms with Crippen molar-refractivity contribution in [1.29, 1.82) is 0 Å². The van der Waals surface area contributed by atoms with Crippen LogP contribution in [0.4, 0.5) is 15.8 Å². The quantitative estimate of drug-likeness (QED) is 0.910. The third-order valence-corrected chi connectivity index (χ3v) is 3.43. The summed E-state index contributed by atoms with van der Waals surface area (Å²) in [6.45, 7) is 2.79. The smallest absolute Gasteiger partial charge is 0.246 e. The first kappa shape index (κ1) is 15.1. The van der Waals surface area contributed by atoms with Gasteiger partial charge in [0.05, 0.1) is 0 Å². The van der Waals surface area contributed by atoms with Crippen LogP contribution in [0.1, 0.15) is 6.92 Å². The predicted octanol–water partition coefficient (Wildman–Crippen LogP) is 3.04. The van der Waals surface area contributed by atoms with E-state index in [-0.39, 0.29) is 11.7 Å². The Labute approximate surface area is 133 Å². The molecular weight excluding hydrogens is 299 g/mol. The van der Waals surface area contributed by atoms with E-state index in [0.29, 0.717) is 30.4 Å². The van der Waals surface area contributed by atoms with Gasteiger partial charge in [0.25, 0.3) is 0 Å². The van der Waals surface area contributed by atoms with E-state index in [0.717, 1.165) is 5.69 Å². The zero-order valence-electron chi connectivity index (χ0n) is 12.6. The highest BCUT2D eigenvalue weighted by Gasteiger charge is 2.16. The molecular formula is C17H17FN2O3. The number of halogens is 1. The van der Waals surface area contributed by atoms with Crippen LogP contribution in [0.2, 0.25) is 0 Å². The first-order valence-electron chi connectivity index (χ1n) is 7.34. The van der Waals surface area contributed by atoms with Gasteiger partial charge in [-0.3, -0.25) is 4.79 Å². The third kappa shape index (κ3) is 3.71. The molecule has 0 saturated heterocycles. The highest BCUT2D eigenvalue weighted by molar-refractivity contribution is 5.96. The number of hydrogen-bond donors (Lipinski definition) is 2. The van der Waals surface area contributed by atoms with Crippen molar-refractivity contribution in [2.24, 2.45) is 0 Å². The van der Waals surface area contributed by atoms with Gasteiger partial charge in [0.2, 0.25) is 5.91 Å². The van der Waals surface area contributed by atoms with Gasteiger partial charge in [0.1, 0.15) is 25.1 Å². The lowest BCUT2D eigenvalue weighted by Gasteiger charge is -2.20. The summed E-state index contributed by atoms with van der Waals surface area (Å²) in [5.41, 5.74) is 1.31. The number of benzene rings is 2. The Kier molecular flexibility index (Phi) is 4.32. The molecule has 0 bridgehead atoms. The number of anilines is 2. The number of hydrogen-bond acceptors (Lipinski definition) is 4. The molecule has 0 unspecified atom stereocenters. The first-order valence-corrected chi connectivity index (χ1v) is 7.34. The monoisotopic (exact) mass is 316 g/mol. The summed E-state index contributed by atoms with van der Waals surface area (Å²) < 4.78 is 23.8. The molecule has 1 aliphatic heterocycles. The average Bonchev–Trinajstić information content (AvgIpc) is 2.56. The summed E-state index contributed by atoms with van der Waals surface area (Å²) in [6, 6.07) is 10.6. The van der Waals surface area contributed by atoms with E-state index in [1.807, 2.05) is 6.07 Å². The number of carbonyl (C=O) groups excluding carboxylic acids is 1. The van der Waals surface area contributed by atoms with E-state index in [9.17, 15) is 9.18 Å². The number of ether oxygens (including phenoxy) is 2. The minimum absolute atomic E-state index is 0.216. The number of carbonyl (C=O) groups is 1. The molecule has 2 aromatic rings. The summed E-state index contributed by atoms with van der Waals surface area (Å²) in [4.78, 5) is 12.2. The summed E-state index contributed by atoms with van der Waals surface area (Å²) >= 11 is 0. The number of rotatable bonds is 4. The van der Waals surface area contributed by atoms with Crippen LogP contribution >= 0.6 is 0 Å². The number of fused-ring (bicyclic) bond motifs is 1. The van der Waals surface area contributed by atoms with E-state index < -0.39 is 6.04 Å². The van der Waals surface area contributed by atoms with Gasteiger partial charge in [0, 0.05) is 17.4 Å². The van der Waals surface area contributed by atoms with Crippen LogP contribution in [-0.2, 0) is 4.79 Å². The van der Waals surface area contributed by atoms with Crippen molar-refractivity contribution in [3.8, 4) is 11.5 Å². The molecule has 3 rings (SSSR count). The maximum Gasteiger partial charge on any atom is 0.246 e. The Balaban J connectivity index is 1.62. The van der Waals surface area contributed by atoms with Crippen molar-refractivity contribution in [2.75, 3.05) is 23.8 Å². The third-order valence-electron chi connectivity index (χ3n) is 3.43. The zero-order chi connectivity index (χ0) is 16.2. The highest BCUT2D eigenvalue weighted by Crippen LogP contribution is 2.32. The average molecular weight is 316 g/mol. The molecule has 1 aliphatic rings. The number of amides is 1. The van der Waals surface area contributed by atoms with Gasteiger partial charge in [-0.05, 0) is 43.3 Å². The normalized spacial score (nSPS) is 14.0. The molecule has 5 nitrogen and oxygen atoms in total. The van der Waals surface area contributed by atoms with Crippen LogP contribution in [-0.4, -0.2) is 25.2 Å². The Bertz CT molecular complexity index is 703. The maximum atomic E-state index is 12.9. The second-order valence-electron chi connectivity index (χ2n) is 5.22. The van der Waals surface area contributed by atoms with Crippen molar-refractivity contribution in [2.45, 2.75) is 13.0 Å². The van der Waals surface area contributed by atoms with Gasteiger partial charge in [-0.15, -0.1) is 0 Å². The lowest BCUT2D eigenvalue weighted by molar-refractivity contribution is -0.116. The van der Waals surface area contributed by atoms with Crippen LogP contribution in [0.5, 0.6) is 11.5 Å². The van der Waals surface area contributed by atoms with Crippen molar-refractivity contribution in [3.05, 3.63) is 48.3 Å². The zero-order valence-corrected chi connectivity index (χ0v) is 12.6. The largest absolute Gasteiger partial charge is 0.486 e. The van der Waals surface area contributed by atoms with Gasteiger partial charge in [-0.25, -0.2) is 4.39 Å². The standard InChI is InChI=1S/C17H17FN2O3/c1-11(17(21)20-13-4-2-12(18)3-5-13)19-14-6-7-15-16(10-14)23-9-8-22-15/h2-7,10-11,19H,8-9H2,1H3,(H,20,21)/t11-/m1/s1. The molecule has 1 atom stereocenters. The van der Waals surface area contributed by atoms with E-state index in [1.54, 1.807) is 19.1 Å². The maximum absolute atomic E-state index is 12.9. The fraction of sp³-hybridized carbons (Fsp3) is 0.235. The highest BCUT2D eigenvalue weighted by atomic mass is 19.1. The molecule has 0 saturated carbocycles. The van der Waals surface area contributed by atoms with Crippen LogP contribution in [0.15, 0.2) is 42.5 Å². The van der Waals surface area contributed by atoms with Crippen LogP contribution in [0.3, 0.4) is 0 Å². The molecule has 120 valence electrons. The van der Waals surface area contributed by atoms with Crippen LogP contribution in [0.25, 0.3) is 0 Å². The molecule has 0 aromatic heterocycles. The molecule has 2 aromatic carbocycles. The van der Waals surface area contributed by atoms with E-state index >= 15 is 0 Å². The van der Waals surface area contributed by atoms with Gasteiger partial charge >= 0.3 is 0 Å². The molecule has 0 aliphatic carbocycles. The van der Waals surface area contributed by atoms with Crippen molar-refractivity contribution in [3.63, 3.8) is 0 Å². The topological polar surface area (TPSA) is 59.6 Å². The summed E-state index contributed by atoms with van der Waals surface area (Å²) in [5, 5.41) is 5.83. The van der Waals surface area contributed by atoms with Gasteiger partial charge in [-0.1, -0.05) is 0 Å². The van der Waals surface area contributed by atoms with E-state index in [1.165, 1.54) is 24.3 Å². The molecule has 1 heterocycles. The molecule has 6 heteroatoms. The molecule has 23 heavy (non-hydrogen) atoms. The second-order valence-corrected chi connectivity index (χ2v) is 5.22. The van der Waals surface area contributed by atoms with Crippen molar-refractivity contribution >= 4 is 17.3 Å². The van der Waals surface area contributed by atoms with E-state index in [2.05, 4.69) is 10.6 Å². The Morgan fingerprint density at radius 3 is 2.43 bits per heavy atom. The van der Waals surface area contributed by atoms with Gasteiger partial charge in [-0.2, -0.15) is 0 Å². The summed E-state index contributed by atoms with van der Waals surface area (Å²) in [7, 11) is 0.